The molecule has 3 aromatic carbocycles. The Morgan fingerprint density at radius 1 is 0.960 bits per heavy atom. The molecule has 0 unspecified atom stereocenters. The standard InChI is InChI=1S/C40H54N4O6/c1-27-24-44(28(2)26-45)39(47)34-23-32(41-38(46)31-15-6-5-7-16-31)20-21-36(34)50-29(3)13-10-11-22-49-37(27)25-43(4)40(48)42-35-19-12-17-30-14-8-9-18-33(30)35/h8-9,12,14,17-21,23,27-29,31,37,45H,5-7,10-11,13,15-16,22,24-26H2,1-4H3,(H,41,46)(H,42,48)/t27-,28-,29+,37-/m1/s1. The summed E-state index contributed by atoms with van der Waals surface area (Å²) in [6.45, 7) is 6.66. The SMILES string of the molecule is C[C@@H]1CN([C@H](C)CO)C(=O)c2cc(NC(=O)C3CCCCC3)ccc2O[C@@H](C)CCCCO[C@@H]1CN(C)C(=O)Nc1cccc2ccccc12. The summed E-state index contributed by atoms with van der Waals surface area (Å²) in [5.41, 5.74) is 1.62. The van der Waals surface area contributed by atoms with Gasteiger partial charge in [-0.1, -0.05) is 62.6 Å². The van der Waals surface area contributed by atoms with E-state index in [0.29, 0.717) is 30.2 Å². The number of nitrogens with zero attached hydrogens (tertiary/aromatic N) is 2. The Balaban J connectivity index is 1.37. The Hall–Kier alpha value is -4.15. The summed E-state index contributed by atoms with van der Waals surface area (Å²) in [6.07, 6.45) is 6.92. The van der Waals surface area contributed by atoms with Gasteiger partial charge in [-0.3, -0.25) is 9.59 Å². The molecule has 1 heterocycles. The van der Waals surface area contributed by atoms with Gasteiger partial charge in [0, 0.05) is 49.7 Å². The molecule has 50 heavy (non-hydrogen) atoms. The number of carbonyl (C=O) groups is 3. The highest BCUT2D eigenvalue weighted by molar-refractivity contribution is 6.02. The number of rotatable bonds is 7. The van der Waals surface area contributed by atoms with E-state index in [1.54, 1.807) is 35.0 Å². The van der Waals surface area contributed by atoms with E-state index < -0.39 is 6.04 Å². The lowest BCUT2D eigenvalue weighted by Crippen LogP contribution is -2.48. The average Bonchev–Trinajstić information content (AvgIpc) is 3.13. The molecule has 0 radical (unpaired) electrons. The zero-order valence-electron chi connectivity index (χ0n) is 30.0. The number of ether oxygens (including phenoxy) is 2. The minimum absolute atomic E-state index is 0.0184. The summed E-state index contributed by atoms with van der Waals surface area (Å²) < 4.78 is 12.8. The van der Waals surface area contributed by atoms with E-state index in [1.807, 2.05) is 63.2 Å². The van der Waals surface area contributed by atoms with E-state index in [0.717, 1.165) is 67.8 Å². The third-order valence-electron chi connectivity index (χ3n) is 10.1. The summed E-state index contributed by atoms with van der Waals surface area (Å²) in [5.74, 6) is -0.0838. The average molecular weight is 687 g/mol. The Bertz CT molecular complexity index is 1600. The van der Waals surface area contributed by atoms with Gasteiger partial charge in [-0.25, -0.2) is 4.79 Å². The predicted molar refractivity (Wildman–Crippen MR) is 198 cm³/mol. The number of nitrogens with one attached hydrogen (secondary N) is 2. The second-order valence-corrected chi connectivity index (χ2v) is 14.2. The van der Waals surface area contributed by atoms with Crippen LogP contribution in [0.1, 0.15) is 82.5 Å². The molecule has 1 saturated carbocycles. The molecular weight excluding hydrogens is 632 g/mol. The number of carbonyl (C=O) groups excluding carboxylic acids is 3. The molecule has 0 aromatic heterocycles. The molecule has 4 atom stereocenters. The van der Waals surface area contributed by atoms with Crippen LogP contribution in [0.3, 0.4) is 0 Å². The van der Waals surface area contributed by atoms with Gasteiger partial charge in [0.05, 0.1) is 36.1 Å². The number of aliphatic hydroxyl groups excluding tert-OH is 1. The van der Waals surface area contributed by atoms with Crippen LogP contribution in [0.15, 0.2) is 60.7 Å². The van der Waals surface area contributed by atoms with Crippen molar-refractivity contribution >= 4 is 40.0 Å². The van der Waals surface area contributed by atoms with Crippen LogP contribution in [0.25, 0.3) is 10.8 Å². The van der Waals surface area contributed by atoms with Crippen molar-refractivity contribution in [1.29, 1.82) is 0 Å². The van der Waals surface area contributed by atoms with Gasteiger partial charge in [0.1, 0.15) is 5.75 Å². The third-order valence-corrected chi connectivity index (χ3v) is 10.1. The van der Waals surface area contributed by atoms with Gasteiger partial charge in [-0.2, -0.15) is 0 Å². The molecule has 10 heteroatoms. The first-order valence-electron chi connectivity index (χ1n) is 18.3. The van der Waals surface area contributed by atoms with Crippen molar-refractivity contribution in [3.63, 3.8) is 0 Å². The Labute approximate surface area is 296 Å². The summed E-state index contributed by atoms with van der Waals surface area (Å²) >= 11 is 0. The molecule has 0 bridgehead atoms. The Morgan fingerprint density at radius 2 is 1.70 bits per heavy atom. The minimum atomic E-state index is -0.503. The zero-order valence-corrected chi connectivity index (χ0v) is 30.0. The van der Waals surface area contributed by atoms with Crippen LogP contribution in [-0.2, 0) is 9.53 Å². The maximum atomic E-state index is 14.5. The van der Waals surface area contributed by atoms with Gasteiger partial charge < -0.3 is 35.0 Å². The normalized spacial score (nSPS) is 21.7. The molecule has 10 nitrogen and oxygen atoms in total. The van der Waals surface area contributed by atoms with Crippen LogP contribution < -0.4 is 15.4 Å². The number of urea groups is 1. The van der Waals surface area contributed by atoms with Crippen LogP contribution in [0.5, 0.6) is 5.75 Å². The first kappa shape index (κ1) is 37.1. The largest absolute Gasteiger partial charge is 0.490 e. The van der Waals surface area contributed by atoms with Crippen molar-refractivity contribution in [2.75, 3.05) is 44.0 Å². The number of hydrogen-bond acceptors (Lipinski definition) is 6. The zero-order chi connectivity index (χ0) is 35.6. The first-order chi connectivity index (χ1) is 24.1. The smallest absolute Gasteiger partial charge is 0.321 e. The summed E-state index contributed by atoms with van der Waals surface area (Å²) in [5, 5.41) is 18.4. The molecule has 0 spiro atoms. The fourth-order valence-electron chi connectivity index (χ4n) is 6.97. The lowest BCUT2D eigenvalue weighted by molar-refractivity contribution is -0.120. The van der Waals surface area contributed by atoms with Crippen LogP contribution in [-0.4, -0.2) is 84.4 Å². The molecular formula is C40H54N4O6. The maximum absolute atomic E-state index is 14.5. The fourth-order valence-corrected chi connectivity index (χ4v) is 6.97. The molecule has 3 N–H and O–H groups in total. The van der Waals surface area contributed by atoms with Crippen LogP contribution in [0.4, 0.5) is 16.2 Å². The van der Waals surface area contributed by atoms with Gasteiger partial charge in [-0.15, -0.1) is 0 Å². The van der Waals surface area contributed by atoms with Gasteiger partial charge in [0.15, 0.2) is 0 Å². The number of aliphatic hydroxyl groups is 1. The topological polar surface area (TPSA) is 120 Å². The van der Waals surface area contributed by atoms with Crippen molar-refractivity contribution in [3.8, 4) is 5.75 Å². The maximum Gasteiger partial charge on any atom is 0.321 e. The van der Waals surface area contributed by atoms with Crippen LogP contribution >= 0.6 is 0 Å². The molecule has 2 aliphatic rings. The summed E-state index contributed by atoms with van der Waals surface area (Å²) in [7, 11) is 1.75. The second kappa shape index (κ2) is 17.7. The van der Waals surface area contributed by atoms with Crippen molar-refractivity contribution < 1.29 is 29.0 Å². The summed E-state index contributed by atoms with van der Waals surface area (Å²) in [4.78, 5) is 44.3. The molecule has 1 aliphatic carbocycles. The second-order valence-electron chi connectivity index (χ2n) is 14.2. The van der Waals surface area contributed by atoms with Gasteiger partial charge >= 0.3 is 6.03 Å². The van der Waals surface area contributed by atoms with Crippen LogP contribution in [0, 0.1) is 11.8 Å². The third kappa shape index (κ3) is 9.54. The molecule has 3 aromatic rings. The van der Waals surface area contributed by atoms with Crippen molar-refractivity contribution in [2.45, 2.75) is 90.4 Å². The van der Waals surface area contributed by atoms with E-state index in [9.17, 15) is 19.5 Å². The van der Waals surface area contributed by atoms with E-state index in [2.05, 4.69) is 10.6 Å². The molecule has 1 fully saturated rings. The number of amides is 4. The number of benzene rings is 3. The number of anilines is 2. The number of likely N-dealkylation sites (N-methyl/N-ethyl adjacent to an activating group) is 1. The first-order valence-corrected chi connectivity index (χ1v) is 18.3. The van der Waals surface area contributed by atoms with E-state index in [-0.39, 0.29) is 55.0 Å². The van der Waals surface area contributed by atoms with E-state index >= 15 is 0 Å². The molecule has 4 amide bonds. The number of fused-ring (bicyclic) bond motifs is 2. The molecule has 270 valence electrons. The Morgan fingerprint density at radius 3 is 2.48 bits per heavy atom. The minimum Gasteiger partial charge on any atom is -0.490 e. The van der Waals surface area contributed by atoms with E-state index in [4.69, 9.17) is 9.47 Å². The van der Waals surface area contributed by atoms with Crippen molar-refractivity contribution in [3.05, 3.63) is 66.2 Å². The molecule has 1 aliphatic heterocycles. The fraction of sp³-hybridized carbons (Fsp3) is 0.525. The van der Waals surface area contributed by atoms with E-state index in [1.165, 1.54) is 0 Å². The highest BCUT2D eigenvalue weighted by atomic mass is 16.5. The van der Waals surface area contributed by atoms with Crippen LogP contribution in [0.2, 0.25) is 0 Å². The van der Waals surface area contributed by atoms with Crippen molar-refractivity contribution in [2.24, 2.45) is 11.8 Å². The quantitative estimate of drug-likeness (QED) is 0.240. The lowest BCUT2D eigenvalue weighted by Gasteiger charge is -2.36. The van der Waals surface area contributed by atoms with Gasteiger partial charge in [-0.05, 0) is 75.6 Å². The monoisotopic (exact) mass is 686 g/mol. The summed E-state index contributed by atoms with van der Waals surface area (Å²) in [6, 6.07) is 18.3. The highest BCUT2D eigenvalue weighted by Crippen LogP contribution is 2.30. The van der Waals surface area contributed by atoms with Gasteiger partial charge in [0.25, 0.3) is 5.91 Å². The predicted octanol–water partition coefficient (Wildman–Crippen LogP) is 7.32. The molecule has 5 rings (SSSR count). The Kier molecular flexibility index (Phi) is 13.1. The van der Waals surface area contributed by atoms with Crippen molar-refractivity contribution in [1.82, 2.24) is 9.80 Å². The highest BCUT2D eigenvalue weighted by Gasteiger charge is 2.31. The number of hydrogen-bond donors (Lipinski definition) is 3. The molecule has 0 saturated heterocycles. The van der Waals surface area contributed by atoms with Gasteiger partial charge in [0.2, 0.25) is 5.91 Å². The lowest BCUT2D eigenvalue weighted by atomic mass is 9.88.